The molecule has 1 aliphatic rings. The van der Waals surface area contributed by atoms with Crippen molar-refractivity contribution in [2.45, 2.75) is 106 Å². The maximum absolute atomic E-state index is 13.7. The number of methoxy groups -OCH3 is 1. The van der Waals surface area contributed by atoms with E-state index in [9.17, 15) is 24.5 Å². The molecule has 2 rings (SSSR count). The highest BCUT2D eigenvalue weighted by Gasteiger charge is 2.43. The summed E-state index contributed by atoms with van der Waals surface area (Å²) in [5.74, 6) is -2.90. The van der Waals surface area contributed by atoms with Gasteiger partial charge in [0.1, 0.15) is 6.61 Å². The zero-order valence-corrected chi connectivity index (χ0v) is 36.0. The van der Waals surface area contributed by atoms with Crippen LogP contribution in [0.1, 0.15) is 94.6 Å². The first-order chi connectivity index (χ1) is 23.7. The van der Waals surface area contributed by atoms with Gasteiger partial charge in [-0.15, -0.1) is 0 Å². The summed E-state index contributed by atoms with van der Waals surface area (Å²) in [5.41, 5.74) is -1.35. The molecule has 1 aliphatic heterocycles. The standard InChI is InChI=1S/C31H45N2O12P.C2H6.CH3IS/c1-19(2)43-28(35)25-21(4)32(29(36)41-18-42-46(44-30(5,6)7)45-31(8,9)10)20(3)24(27(34)40-16-15-39-11)26(25)22-13-12-14-23(17-22)33(37)38;1-2;1-3-2/h12-14,17,19,26H,15-16,18H2,1-11H3;1-2H3;1H3. The Bertz CT molecular complexity index is 1360. The van der Waals surface area contributed by atoms with Gasteiger partial charge in [0.05, 0.1) is 45.9 Å². The number of allylic oxidation sites excluding steroid dienone is 2. The molecular weight excluding hydrogens is 818 g/mol. The lowest BCUT2D eigenvalue weighted by molar-refractivity contribution is -0.384. The van der Waals surface area contributed by atoms with Crippen molar-refractivity contribution < 1.29 is 51.8 Å². The lowest BCUT2D eigenvalue weighted by atomic mass is 9.79. The van der Waals surface area contributed by atoms with Gasteiger partial charge in [-0.3, -0.25) is 19.5 Å². The minimum atomic E-state index is -1.94. The number of carbonyl (C=O) groups excluding carboxylic acids is 3. The summed E-state index contributed by atoms with van der Waals surface area (Å²) in [6.07, 6.45) is 0.480. The van der Waals surface area contributed by atoms with Gasteiger partial charge in [0, 0.05) is 30.6 Å². The molecular formula is C34H54IN2O12PS. The number of non-ortho nitro benzene ring substituents is 1. The number of nitrogens with zero attached hydrogens (tertiary/aromatic N) is 2. The Morgan fingerprint density at radius 3 is 1.92 bits per heavy atom. The molecule has 0 spiro atoms. The van der Waals surface area contributed by atoms with Crippen LogP contribution in [0.15, 0.2) is 46.8 Å². The molecule has 0 radical (unpaired) electrons. The van der Waals surface area contributed by atoms with Gasteiger partial charge in [-0.25, -0.2) is 14.4 Å². The van der Waals surface area contributed by atoms with Crippen molar-refractivity contribution in [3.63, 3.8) is 0 Å². The number of nitro benzene ring substituents is 1. The summed E-state index contributed by atoms with van der Waals surface area (Å²) in [4.78, 5) is 53.0. The topological polar surface area (TPSA) is 162 Å². The van der Waals surface area contributed by atoms with Crippen LogP contribution in [0.25, 0.3) is 0 Å². The highest BCUT2D eigenvalue weighted by Crippen LogP contribution is 2.48. The van der Waals surface area contributed by atoms with Crippen LogP contribution in [-0.4, -0.2) is 78.5 Å². The summed E-state index contributed by atoms with van der Waals surface area (Å²) in [6, 6.07) is 5.52. The van der Waals surface area contributed by atoms with Crippen molar-refractivity contribution in [1.29, 1.82) is 0 Å². The first-order valence-electron chi connectivity index (χ1n) is 16.1. The Balaban J connectivity index is 0.00000473. The van der Waals surface area contributed by atoms with Gasteiger partial charge in [0.15, 0.2) is 0 Å². The van der Waals surface area contributed by atoms with Gasteiger partial charge in [0.25, 0.3) is 5.69 Å². The number of benzene rings is 1. The summed E-state index contributed by atoms with van der Waals surface area (Å²) in [5, 5.41) is 11.6. The molecule has 290 valence electrons. The van der Waals surface area contributed by atoms with Crippen molar-refractivity contribution in [1.82, 2.24) is 4.90 Å². The molecule has 51 heavy (non-hydrogen) atoms. The SMILES string of the molecule is CC.COCCOC(=O)C1=C(C)N(C(=O)OCOP(OC(C)(C)C)OC(C)(C)C)C(C)=C(C(=O)OC(C)C)C1c1cccc([N+](=O)[O-])c1.CSI. The molecule has 17 heteroatoms. The minimum absolute atomic E-state index is 0.0710. The molecule has 0 N–H and O–H groups in total. The van der Waals surface area contributed by atoms with Crippen molar-refractivity contribution in [3.05, 3.63) is 62.5 Å². The van der Waals surface area contributed by atoms with E-state index >= 15 is 0 Å². The summed E-state index contributed by atoms with van der Waals surface area (Å²) < 4.78 is 38.8. The van der Waals surface area contributed by atoms with Gasteiger partial charge in [-0.05, 0) is 102 Å². The minimum Gasteiger partial charge on any atom is -0.460 e. The molecule has 1 atom stereocenters. The van der Waals surface area contributed by atoms with Crippen LogP contribution in [0.5, 0.6) is 0 Å². The fourth-order valence-corrected chi connectivity index (χ4v) is 5.46. The maximum atomic E-state index is 13.7. The van der Waals surface area contributed by atoms with E-state index in [4.69, 9.17) is 32.5 Å². The molecule has 1 aromatic carbocycles. The summed E-state index contributed by atoms with van der Waals surface area (Å²) in [7, 11) is 1.21. The Hall–Kier alpha value is -2.34. The predicted octanol–water partition coefficient (Wildman–Crippen LogP) is 9.38. The van der Waals surface area contributed by atoms with E-state index in [1.54, 1.807) is 22.8 Å². The fraction of sp³-hybridized carbons (Fsp3) is 0.618. The lowest BCUT2D eigenvalue weighted by Gasteiger charge is -2.36. The molecule has 0 fully saturated rings. The first-order valence-corrected chi connectivity index (χ1v) is 21.0. The molecule has 14 nitrogen and oxygen atoms in total. The number of halogens is 1. The Labute approximate surface area is 320 Å². The molecule has 0 aliphatic carbocycles. The van der Waals surface area contributed by atoms with E-state index in [-0.39, 0.29) is 47.0 Å². The van der Waals surface area contributed by atoms with Crippen LogP contribution in [0.4, 0.5) is 10.5 Å². The highest BCUT2D eigenvalue weighted by molar-refractivity contribution is 14.2. The van der Waals surface area contributed by atoms with E-state index < -0.39 is 61.6 Å². The van der Waals surface area contributed by atoms with E-state index in [0.717, 1.165) is 4.90 Å². The Kier molecular flexibility index (Phi) is 22.3. The average Bonchev–Trinajstić information content (AvgIpc) is 3.00. The number of hydrogen-bond donors (Lipinski definition) is 0. The van der Waals surface area contributed by atoms with Crippen LogP contribution in [0.3, 0.4) is 0 Å². The van der Waals surface area contributed by atoms with Crippen molar-refractivity contribution in [2.24, 2.45) is 0 Å². The van der Waals surface area contributed by atoms with Crippen LogP contribution >= 0.6 is 38.7 Å². The quantitative estimate of drug-likeness (QED) is 0.0270. The molecule has 0 aromatic heterocycles. The molecule has 0 saturated heterocycles. The number of hydrogen-bond acceptors (Lipinski definition) is 13. The van der Waals surface area contributed by atoms with E-state index in [1.165, 1.54) is 45.2 Å². The average molecular weight is 873 g/mol. The number of carbonyl (C=O) groups is 3. The second-order valence-corrected chi connectivity index (χ2v) is 16.7. The van der Waals surface area contributed by atoms with Crippen LogP contribution in [0, 0.1) is 10.1 Å². The summed E-state index contributed by atoms with van der Waals surface area (Å²) in [6.45, 7) is 20.5. The third-order valence-corrected chi connectivity index (χ3v) is 7.67. The number of ether oxygens (including phenoxy) is 4. The van der Waals surface area contributed by atoms with Crippen LogP contribution in [0.2, 0.25) is 0 Å². The zero-order valence-electron chi connectivity index (χ0n) is 32.1. The van der Waals surface area contributed by atoms with Gasteiger partial charge in [0.2, 0.25) is 6.79 Å². The summed E-state index contributed by atoms with van der Waals surface area (Å²) >= 11 is 2.20. The second-order valence-electron chi connectivity index (χ2n) is 12.6. The van der Waals surface area contributed by atoms with Gasteiger partial charge in [-0.1, -0.05) is 34.9 Å². The Morgan fingerprint density at radius 2 is 1.47 bits per heavy atom. The smallest absolute Gasteiger partial charge is 0.420 e. The number of rotatable bonds is 13. The highest BCUT2D eigenvalue weighted by atomic mass is 127. The van der Waals surface area contributed by atoms with E-state index in [2.05, 4.69) is 21.2 Å². The third-order valence-electron chi connectivity index (χ3n) is 5.97. The molecule has 1 aromatic rings. The van der Waals surface area contributed by atoms with Crippen molar-refractivity contribution >= 4 is 62.5 Å². The van der Waals surface area contributed by atoms with E-state index in [0.29, 0.717) is 0 Å². The maximum Gasteiger partial charge on any atom is 0.420 e. The molecule has 0 saturated carbocycles. The van der Waals surface area contributed by atoms with Crippen molar-refractivity contribution in [2.75, 3.05) is 33.4 Å². The molecule has 1 unspecified atom stereocenters. The fourth-order valence-electron chi connectivity index (χ4n) is 4.29. The Morgan fingerprint density at radius 1 is 0.961 bits per heavy atom. The van der Waals surface area contributed by atoms with Gasteiger partial charge in [-0.2, -0.15) is 0 Å². The normalized spacial score (nSPS) is 14.8. The number of esters is 2. The lowest BCUT2D eigenvalue weighted by Crippen LogP contribution is -2.39. The molecule has 1 heterocycles. The zero-order chi connectivity index (χ0) is 39.7. The number of nitro groups is 1. The van der Waals surface area contributed by atoms with Crippen molar-refractivity contribution in [3.8, 4) is 0 Å². The van der Waals surface area contributed by atoms with E-state index in [1.807, 2.05) is 61.6 Å². The molecule has 1 amide bonds. The number of amides is 1. The molecule has 0 bridgehead atoms. The van der Waals surface area contributed by atoms with Gasteiger partial charge < -0.3 is 28.0 Å². The first kappa shape index (κ1) is 48.7. The second kappa shape index (κ2) is 23.4. The predicted molar refractivity (Wildman–Crippen MR) is 207 cm³/mol. The largest absolute Gasteiger partial charge is 0.460 e. The third kappa shape index (κ3) is 16.9. The van der Waals surface area contributed by atoms with Gasteiger partial charge >= 0.3 is 26.6 Å². The van der Waals surface area contributed by atoms with Crippen LogP contribution < -0.4 is 0 Å². The monoisotopic (exact) mass is 872 g/mol. The van der Waals surface area contributed by atoms with Crippen LogP contribution in [-0.2, 0) is 42.1 Å².